The molecule has 1 aliphatic rings. The van der Waals surface area contributed by atoms with Gasteiger partial charge in [0.05, 0.1) is 10.8 Å². The third-order valence-electron chi connectivity index (χ3n) is 3.88. The summed E-state index contributed by atoms with van der Waals surface area (Å²) in [6.45, 7) is 2.08. The first kappa shape index (κ1) is 18.5. The predicted molar refractivity (Wildman–Crippen MR) is 98.7 cm³/mol. The Balaban J connectivity index is 1.77. The van der Waals surface area contributed by atoms with Gasteiger partial charge in [0.2, 0.25) is 16.9 Å². The number of anilines is 1. The van der Waals surface area contributed by atoms with Crippen LogP contribution in [0.25, 0.3) is 0 Å². The molecule has 3 rings (SSSR count). The van der Waals surface area contributed by atoms with Crippen LogP contribution < -0.4 is 4.90 Å². The van der Waals surface area contributed by atoms with Crippen molar-refractivity contribution < 1.29 is 19.5 Å². The molecule has 1 saturated heterocycles. The van der Waals surface area contributed by atoms with Crippen LogP contribution in [-0.2, 0) is 16.0 Å². The van der Waals surface area contributed by atoms with Gasteiger partial charge < -0.3 is 5.11 Å². The zero-order valence-electron chi connectivity index (χ0n) is 14.0. The van der Waals surface area contributed by atoms with Gasteiger partial charge in [-0.05, 0) is 18.6 Å². The highest BCUT2D eigenvalue weighted by molar-refractivity contribution is 8.00. The summed E-state index contributed by atoms with van der Waals surface area (Å²) >= 11 is 2.35. The highest BCUT2D eigenvalue weighted by Crippen LogP contribution is 2.36. The lowest BCUT2D eigenvalue weighted by molar-refractivity contribution is -0.121. The SMILES string of the molecule is CCCCc1nnc(N2C(=O)CC(Sc3ccccc3C(=O)O)C2=O)s1. The molecular formula is C17H17N3O4S2. The number of hydrogen-bond donors (Lipinski definition) is 1. The van der Waals surface area contributed by atoms with Crippen LogP contribution in [0.2, 0.25) is 0 Å². The lowest BCUT2D eigenvalue weighted by Crippen LogP contribution is -2.31. The fourth-order valence-corrected chi connectivity index (χ4v) is 4.64. The van der Waals surface area contributed by atoms with E-state index in [1.54, 1.807) is 18.2 Å². The minimum Gasteiger partial charge on any atom is -0.478 e. The standard InChI is InChI=1S/C17H17N3O4S2/c1-2-3-8-13-18-19-17(26-13)20-14(21)9-12(15(20)22)25-11-7-5-4-6-10(11)16(23)24/h4-7,12H,2-3,8-9H2,1H3,(H,23,24). The summed E-state index contributed by atoms with van der Waals surface area (Å²) in [5.41, 5.74) is 0.119. The predicted octanol–water partition coefficient (Wildman–Crippen LogP) is 3.00. The van der Waals surface area contributed by atoms with E-state index >= 15 is 0 Å². The summed E-state index contributed by atoms with van der Waals surface area (Å²) < 4.78 is 0. The average molecular weight is 391 g/mol. The third kappa shape index (κ3) is 3.78. The maximum atomic E-state index is 12.7. The van der Waals surface area contributed by atoms with E-state index in [2.05, 4.69) is 17.1 Å². The van der Waals surface area contributed by atoms with Crippen LogP contribution in [0.3, 0.4) is 0 Å². The minimum atomic E-state index is -1.06. The summed E-state index contributed by atoms with van der Waals surface area (Å²) in [5.74, 6) is -1.77. The largest absolute Gasteiger partial charge is 0.478 e. The first-order valence-electron chi connectivity index (χ1n) is 8.19. The van der Waals surface area contributed by atoms with Gasteiger partial charge in [-0.1, -0.05) is 36.8 Å². The van der Waals surface area contributed by atoms with E-state index in [1.165, 1.54) is 17.4 Å². The van der Waals surface area contributed by atoms with Gasteiger partial charge in [-0.25, -0.2) is 9.69 Å². The molecular weight excluding hydrogens is 374 g/mol. The van der Waals surface area contributed by atoms with Crippen LogP contribution in [0.4, 0.5) is 5.13 Å². The van der Waals surface area contributed by atoms with Crippen LogP contribution in [-0.4, -0.2) is 38.3 Å². The quantitative estimate of drug-likeness (QED) is 0.724. The van der Waals surface area contributed by atoms with Crippen molar-refractivity contribution in [1.29, 1.82) is 0 Å². The summed E-state index contributed by atoms with van der Waals surface area (Å²) in [7, 11) is 0. The van der Waals surface area contributed by atoms with Crippen molar-refractivity contribution in [3.8, 4) is 0 Å². The smallest absolute Gasteiger partial charge is 0.336 e. The second-order valence-corrected chi connectivity index (χ2v) is 8.05. The fraction of sp³-hybridized carbons (Fsp3) is 0.353. The van der Waals surface area contributed by atoms with Crippen molar-refractivity contribution in [3.63, 3.8) is 0 Å². The Morgan fingerprint density at radius 3 is 2.85 bits per heavy atom. The normalized spacial score (nSPS) is 17.1. The molecule has 9 heteroatoms. The third-order valence-corrected chi connectivity index (χ3v) is 6.11. The molecule has 0 saturated carbocycles. The Bertz CT molecular complexity index is 852. The van der Waals surface area contributed by atoms with E-state index in [0.717, 1.165) is 40.9 Å². The zero-order valence-corrected chi connectivity index (χ0v) is 15.7. The van der Waals surface area contributed by atoms with Crippen LogP contribution >= 0.6 is 23.1 Å². The molecule has 2 aromatic rings. The number of nitrogens with zero attached hydrogens (tertiary/aromatic N) is 3. The molecule has 0 aliphatic carbocycles. The number of aryl methyl sites for hydroxylation is 1. The number of carbonyl (C=O) groups is 3. The molecule has 1 aliphatic heterocycles. The lowest BCUT2D eigenvalue weighted by atomic mass is 10.2. The molecule has 1 N–H and O–H groups in total. The second kappa shape index (κ2) is 7.96. The number of aromatic nitrogens is 2. The number of carboxylic acids is 1. The van der Waals surface area contributed by atoms with Crippen molar-refractivity contribution in [2.45, 2.75) is 42.8 Å². The van der Waals surface area contributed by atoms with Crippen molar-refractivity contribution in [1.82, 2.24) is 10.2 Å². The summed E-state index contributed by atoms with van der Waals surface area (Å²) in [6.07, 6.45) is 2.79. The molecule has 1 atom stereocenters. The molecule has 1 aromatic heterocycles. The maximum Gasteiger partial charge on any atom is 0.336 e. The topological polar surface area (TPSA) is 100 Å². The number of rotatable bonds is 7. The Hall–Kier alpha value is -2.26. The van der Waals surface area contributed by atoms with E-state index in [9.17, 15) is 19.5 Å². The minimum absolute atomic E-state index is 0.0152. The molecule has 2 heterocycles. The molecule has 2 amide bonds. The highest BCUT2D eigenvalue weighted by Gasteiger charge is 2.42. The van der Waals surface area contributed by atoms with Crippen molar-refractivity contribution in [3.05, 3.63) is 34.8 Å². The highest BCUT2D eigenvalue weighted by atomic mass is 32.2. The zero-order chi connectivity index (χ0) is 18.7. The van der Waals surface area contributed by atoms with E-state index in [1.807, 2.05) is 0 Å². The van der Waals surface area contributed by atoms with Gasteiger partial charge in [0, 0.05) is 17.7 Å². The fourth-order valence-electron chi connectivity index (χ4n) is 2.56. The number of carboxylic acid groups (broad SMARTS) is 1. The Kier molecular flexibility index (Phi) is 5.67. The van der Waals surface area contributed by atoms with E-state index < -0.39 is 11.2 Å². The number of benzene rings is 1. The number of carbonyl (C=O) groups excluding carboxylic acids is 2. The van der Waals surface area contributed by atoms with Gasteiger partial charge >= 0.3 is 5.97 Å². The van der Waals surface area contributed by atoms with Gasteiger partial charge in [0.1, 0.15) is 5.01 Å². The van der Waals surface area contributed by atoms with Crippen molar-refractivity contribution in [2.75, 3.05) is 4.90 Å². The Labute approximate surface area is 158 Å². The van der Waals surface area contributed by atoms with Gasteiger partial charge in [-0.2, -0.15) is 0 Å². The van der Waals surface area contributed by atoms with Crippen LogP contribution in [0, 0.1) is 0 Å². The number of amides is 2. The maximum absolute atomic E-state index is 12.7. The molecule has 1 unspecified atom stereocenters. The molecule has 136 valence electrons. The van der Waals surface area contributed by atoms with Crippen LogP contribution in [0.1, 0.15) is 41.6 Å². The van der Waals surface area contributed by atoms with Crippen molar-refractivity contribution in [2.24, 2.45) is 0 Å². The first-order valence-corrected chi connectivity index (χ1v) is 9.89. The number of imide groups is 1. The number of unbranched alkanes of at least 4 members (excludes halogenated alkanes) is 1. The van der Waals surface area contributed by atoms with Gasteiger partial charge in [-0.3, -0.25) is 9.59 Å². The number of hydrogen-bond acceptors (Lipinski definition) is 7. The van der Waals surface area contributed by atoms with Gasteiger partial charge in [0.25, 0.3) is 0 Å². The van der Waals surface area contributed by atoms with Crippen molar-refractivity contribution >= 4 is 46.0 Å². The Morgan fingerprint density at radius 1 is 1.35 bits per heavy atom. The summed E-state index contributed by atoms with van der Waals surface area (Å²) in [6, 6.07) is 6.45. The molecule has 0 radical (unpaired) electrons. The van der Waals surface area contributed by atoms with Gasteiger partial charge in [0.15, 0.2) is 0 Å². The average Bonchev–Trinajstić information content (AvgIpc) is 3.18. The first-order chi connectivity index (χ1) is 12.5. The van der Waals surface area contributed by atoms with E-state index in [-0.39, 0.29) is 23.8 Å². The number of thioether (sulfide) groups is 1. The van der Waals surface area contributed by atoms with Gasteiger partial charge in [-0.15, -0.1) is 22.0 Å². The second-order valence-electron chi connectivity index (χ2n) is 5.76. The van der Waals surface area contributed by atoms with E-state index in [4.69, 9.17) is 0 Å². The molecule has 26 heavy (non-hydrogen) atoms. The summed E-state index contributed by atoms with van der Waals surface area (Å²) in [4.78, 5) is 37.9. The van der Waals surface area contributed by atoms with Crippen LogP contribution in [0.5, 0.6) is 0 Å². The molecule has 1 aromatic carbocycles. The molecule has 0 bridgehead atoms. The summed E-state index contributed by atoms with van der Waals surface area (Å²) in [5, 5.41) is 17.7. The molecule has 1 fully saturated rings. The lowest BCUT2D eigenvalue weighted by Gasteiger charge is -2.11. The molecule has 7 nitrogen and oxygen atoms in total. The monoisotopic (exact) mass is 391 g/mol. The van der Waals surface area contributed by atoms with E-state index in [0.29, 0.717) is 10.0 Å². The van der Waals surface area contributed by atoms with Crippen LogP contribution in [0.15, 0.2) is 29.2 Å². The Morgan fingerprint density at radius 2 is 2.12 bits per heavy atom. The number of aromatic carboxylic acids is 1. The molecule has 0 spiro atoms.